The van der Waals surface area contributed by atoms with Crippen LogP contribution >= 0.6 is 0 Å². The van der Waals surface area contributed by atoms with Gasteiger partial charge in [0.1, 0.15) is 11.5 Å². The van der Waals surface area contributed by atoms with Gasteiger partial charge >= 0.3 is 0 Å². The number of carbonyl (C=O) groups is 1. The zero-order valence-corrected chi connectivity index (χ0v) is 17.9. The summed E-state index contributed by atoms with van der Waals surface area (Å²) < 4.78 is 10.9. The molecule has 5 nitrogen and oxygen atoms in total. The zero-order valence-electron chi connectivity index (χ0n) is 17.9. The van der Waals surface area contributed by atoms with E-state index in [-0.39, 0.29) is 5.91 Å². The van der Waals surface area contributed by atoms with E-state index in [4.69, 9.17) is 9.47 Å². The Hall–Kier alpha value is -2.53. The molecule has 2 aliphatic rings. The normalized spacial score (nSPS) is 18.5. The Kier molecular flexibility index (Phi) is 6.90. The summed E-state index contributed by atoms with van der Waals surface area (Å²) >= 11 is 0. The van der Waals surface area contributed by atoms with E-state index >= 15 is 0 Å². The van der Waals surface area contributed by atoms with Crippen molar-refractivity contribution in [3.8, 4) is 11.5 Å². The number of methoxy groups -OCH3 is 1. The van der Waals surface area contributed by atoms with Gasteiger partial charge in [-0.05, 0) is 66.6 Å². The van der Waals surface area contributed by atoms with Gasteiger partial charge in [-0.15, -0.1) is 0 Å². The van der Waals surface area contributed by atoms with Gasteiger partial charge in [-0.1, -0.05) is 24.3 Å². The number of rotatable bonds is 8. The molecule has 1 amide bonds. The predicted molar refractivity (Wildman–Crippen MR) is 118 cm³/mol. The highest BCUT2D eigenvalue weighted by molar-refractivity contribution is 5.75. The summed E-state index contributed by atoms with van der Waals surface area (Å²) in [6.07, 6.45) is 5.01. The van der Waals surface area contributed by atoms with Crippen LogP contribution in [0.25, 0.3) is 0 Å². The Morgan fingerprint density at radius 3 is 3.07 bits per heavy atom. The van der Waals surface area contributed by atoms with Crippen LogP contribution in [-0.4, -0.2) is 37.6 Å². The lowest BCUT2D eigenvalue weighted by molar-refractivity contribution is -0.121. The molecule has 1 atom stereocenters. The summed E-state index contributed by atoms with van der Waals surface area (Å²) in [7, 11) is 1.66. The number of hydrogen-bond donors (Lipinski definition) is 1. The second-order valence-electron chi connectivity index (χ2n) is 8.45. The molecule has 0 spiro atoms. The third kappa shape index (κ3) is 5.54. The van der Waals surface area contributed by atoms with Gasteiger partial charge in [-0.2, -0.15) is 0 Å². The zero-order chi connectivity index (χ0) is 20.8. The van der Waals surface area contributed by atoms with Gasteiger partial charge in [0, 0.05) is 32.5 Å². The van der Waals surface area contributed by atoms with Crippen molar-refractivity contribution in [3.05, 3.63) is 59.2 Å². The lowest BCUT2D eigenvalue weighted by atomic mass is 9.93. The molecule has 0 bridgehead atoms. The summed E-state index contributed by atoms with van der Waals surface area (Å²) in [4.78, 5) is 14.9. The summed E-state index contributed by atoms with van der Waals surface area (Å²) in [5, 5.41) is 3.04. The number of ether oxygens (including phenoxy) is 2. The second kappa shape index (κ2) is 9.98. The molecule has 2 heterocycles. The molecule has 4 rings (SSSR count). The van der Waals surface area contributed by atoms with Gasteiger partial charge in [0.05, 0.1) is 13.7 Å². The van der Waals surface area contributed by atoms with E-state index in [9.17, 15) is 4.79 Å². The number of nitrogens with one attached hydrogen (secondary N) is 1. The van der Waals surface area contributed by atoms with Crippen molar-refractivity contribution in [3.63, 3.8) is 0 Å². The first-order chi connectivity index (χ1) is 14.7. The van der Waals surface area contributed by atoms with Crippen LogP contribution in [0.4, 0.5) is 0 Å². The number of carbonyl (C=O) groups excluding carboxylic acids is 1. The number of likely N-dealkylation sites (tertiary alicyclic amines) is 1. The Balaban J connectivity index is 1.20. The summed E-state index contributed by atoms with van der Waals surface area (Å²) in [6.45, 7) is 4.58. The fraction of sp³-hybridized carbons (Fsp3) is 0.480. The molecule has 2 aliphatic heterocycles. The van der Waals surface area contributed by atoms with Gasteiger partial charge in [-0.25, -0.2) is 0 Å². The van der Waals surface area contributed by atoms with Gasteiger partial charge < -0.3 is 14.8 Å². The van der Waals surface area contributed by atoms with E-state index in [2.05, 4.69) is 28.4 Å². The van der Waals surface area contributed by atoms with Crippen molar-refractivity contribution in [2.24, 2.45) is 5.92 Å². The van der Waals surface area contributed by atoms with Crippen LogP contribution in [-0.2, 0) is 24.3 Å². The fourth-order valence-corrected chi connectivity index (χ4v) is 4.53. The van der Waals surface area contributed by atoms with Crippen LogP contribution in [0.5, 0.6) is 11.5 Å². The summed E-state index contributed by atoms with van der Waals surface area (Å²) in [5.41, 5.74) is 3.77. The van der Waals surface area contributed by atoms with Crippen molar-refractivity contribution in [1.82, 2.24) is 10.2 Å². The van der Waals surface area contributed by atoms with Crippen molar-refractivity contribution in [2.75, 3.05) is 26.8 Å². The van der Waals surface area contributed by atoms with Crippen LogP contribution in [0.2, 0.25) is 0 Å². The molecule has 0 aromatic heterocycles. The third-order valence-corrected chi connectivity index (χ3v) is 6.17. The minimum Gasteiger partial charge on any atom is -0.497 e. The van der Waals surface area contributed by atoms with E-state index in [1.54, 1.807) is 7.11 Å². The molecule has 1 saturated heterocycles. The van der Waals surface area contributed by atoms with E-state index < -0.39 is 0 Å². The minimum absolute atomic E-state index is 0.133. The molecule has 2 aromatic carbocycles. The summed E-state index contributed by atoms with van der Waals surface area (Å²) in [5.74, 6) is 2.60. The van der Waals surface area contributed by atoms with Crippen molar-refractivity contribution in [1.29, 1.82) is 0 Å². The Bertz CT molecular complexity index is 867. The number of amides is 1. The highest BCUT2D eigenvalue weighted by Crippen LogP contribution is 2.28. The third-order valence-electron chi connectivity index (χ3n) is 6.17. The predicted octanol–water partition coefficient (Wildman–Crippen LogP) is 3.94. The number of nitrogens with zero attached hydrogens (tertiary/aromatic N) is 1. The number of piperidine rings is 1. The van der Waals surface area contributed by atoms with Crippen LogP contribution in [0, 0.1) is 5.92 Å². The Morgan fingerprint density at radius 1 is 1.23 bits per heavy atom. The van der Waals surface area contributed by atoms with Gasteiger partial charge in [0.2, 0.25) is 5.91 Å². The largest absolute Gasteiger partial charge is 0.497 e. The molecule has 1 fully saturated rings. The topological polar surface area (TPSA) is 50.8 Å². The second-order valence-corrected chi connectivity index (χ2v) is 8.45. The fourth-order valence-electron chi connectivity index (χ4n) is 4.53. The Labute approximate surface area is 179 Å². The molecule has 160 valence electrons. The first-order valence-electron chi connectivity index (χ1n) is 11.1. The molecule has 0 radical (unpaired) electrons. The maximum absolute atomic E-state index is 12.3. The van der Waals surface area contributed by atoms with E-state index in [1.165, 1.54) is 24.0 Å². The molecule has 0 aliphatic carbocycles. The van der Waals surface area contributed by atoms with Crippen LogP contribution in [0.3, 0.4) is 0 Å². The molecule has 0 saturated carbocycles. The number of benzene rings is 2. The smallest absolute Gasteiger partial charge is 0.220 e. The lowest BCUT2D eigenvalue weighted by Crippen LogP contribution is -2.35. The monoisotopic (exact) mass is 408 g/mol. The molecule has 30 heavy (non-hydrogen) atoms. The molecule has 0 unspecified atom stereocenters. The van der Waals surface area contributed by atoms with E-state index in [0.717, 1.165) is 56.1 Å². The first kappa shape index (κ1) is 20.7. The number of fused-ring (bicyclic) bond motifs is 1. The van der Waals surface area contributed by atoms with Gasteiger partial charge in [-0.3, -0.25) is 9.69 Å². The van der Waals surface area contributed by atoms with Crippen molar-refractivity contribution in [2.45, 2.75) is 45.2 Å². The summed E-state index contributed by atoms with van der Waals surface area (Å²) in [6, 6.07) is 14.4. The van der Waals surface area contributed by atoms with Gasteiger partial charge in [0.15, 0.2) is 0 Å². The lowest BCUT2D eigenvalue weighted by Gasteiger charge is -2.32. The highest BCUT2D eigenvalue weighted by Gasteiger charge is 2.21. The van der Waals surface area contributed by atoms with E-state index in [0.29, 0.717) is 18.9 Å². The molecular formula is C25H32N2O3. The maximum atomic E-state index is 12.3. The van der Waals surface area contributed by atoms with E-state index in [1.807, 2.05) is 24.3 Å². The quantitative estimate of drug-likeness (QED) is 0.719. The van der Waals surface area contributed by atoms with Crippen LogP contribution in [0.1, 0.15) is 42.4 Å². The van der Waals surface area contributed by atoms with Crippen LogP contribution < -0.4 is 14.8 Å². The average molecular weight is 409 g/mol. The average Bonchev–Trinajstić information content (AvgIpc) is 3.24. The van der Waals surface area contributed by atoms with Crippen molar-refractivity contribution < 1.29 is 14.3 Å². The Morgan fingerprint density at radius 2 is 2.17 bits per heavy atom. The minimum atomic E-state index is 0.133. The highest BCUT2D eigenvalue weighted by atomic mass is 16.5. The SMILES string of the molecule is COc1cccc(CNC(=O)CC[C@@H]2CCCN(Cc3ccc4c(c3)CCO4)C2)c1. The standard InChI is InChI=1S/C25H32N2O3/c1-29-23-6-2-4-20(15-23)16-26-25(28)10-8-19-5-3-12-27(17-19)18-21-7-9-24-22(14-21)11-13-30-24/h2,4,6-7,9,14-15,19H,3,5,8,10-13,16-18H2,1H3,(H,26,28)/t19-/m0/s1. The van der Waals surface area contributed by atoms with Crippen molar-refractivity contribution >= 4 is 5.91 Å². The maximum Gasteiger partial charge on any atom is 0.220 e. The van der Waals surface area contributed by atoms with Gasteiger partial charge in [0.25, 0.3) is 0 Å². The number of hydrogen-bond acceptors (Lipinski definition) is 4. The van der Waals surface area contributed by atoms with Crippen LogP contribution in [0.15, 0.2) is 42.5 Å². The molecule has 1 N–H and O–H groups in total. The molecular weight excluding hydrogens is 376 g/mol. The first-order valence-corrected chi connectivity index (χ1v) is 11.1. The molecule has 2 aromatic rings. The molecule has 5 heteroatoms.